The standard InChI is InChI=1S/C12H14F2N2O3/c1-7(17)5-15-11(18)6-16-12(19)9-3-2-8(13)4-10(9)14/h2-4,7,17H,5-6H2,1H3,(H,15,18)(H,16,19). The SMILES string of the molecule is CC(O)CNC(=O)CNC(=O)c1ccc(F)cc1F. The summed E-state index contributed by atoms with van der Waals surface area (Å²) in [4.78, 5) is 22.7. The number of carbonyl (C=O) groups is 2. The van der Waals surface area contributed by atoms with Gasteiger partial charge in [0.15, 0.2) is 0 Å². The summed E-state index contributed by atoms with van der Waals surface area (Å²) in [6, 6.07) is 2.53. The van der Waals surface area contributed by atoms with Crippen LogP contribution in [0.4, 0.5) is 8.78 Å². The quantitative estimate of drug-likeness (QED) is 0.716. The van der Waals surface area contributed by atoms with Crippen molar-refractivity contribution in [2.45, 2.75) is 13.0 Å². The molecule has 19 heavy (non-hydrogen) atoms. The maximum atomic E-state index is 13.2. The molecule has 0 fully saturated rings. The van der Waals surface area contributed by atoms with Gasteiger partial charge in [-0.1, -0.05) is 0 Å². The summed E-state index contributed by atoms with van der Waals surface area (Å²) in [5.74, 6) is -3.12. The number of hydrogen-bond acceptors (Lipinski definition) is 3. The van der Waals surface area contributed by atoms with E-state index in [9.17, 15) is 18.4 Å². The normalized spacial score (nSPS) is 11.8. The second kappa shape index (κ2) is 6.79. The Bertz CT molecular complexity index is 478. The number of rotatable bonds is 5. The van der Waals surface area contributed by atoms with Gasteiger partial charge in [0.1, 0.15) is 11.6 Å². The van der Waals surface area contributed by atoms with Crippen molar-refractivity contribution < 1.29 is 23.5 Å². The minimum atomic E-state index is -0.998. The number of benzene rings is 1. The van der Waals surface area contributed by atoms with E-state index in [0.29, 0.717) is 6.07 Å². The Morgan fingerprint density at radius 1 is 1.32 bits per heavy atom. The summed E-state index contributed by atoms with van der Waals surface area (Å²) >= 11 is 0. The van der Waals surface area contributed by atoms with E-state index < -0.39 is 29.6 Å². The average Bonchev–Trinajstić information content (AvgIpc) is 2.33. The number of hydrogen-bond donors (Lipinski definition) is 3. The molecule has 104 valence electrons. The van der Waals surface area contributed by atoms with Crippen LogP contribution in [0.2, 0.25) is 0 Å². The Balaban J connectivity index is 2.49. The smallest absolute Gasteiger partial charge is 0.254 e. The van der Waals surface area contributed by atoms with E-state index in [0.717, 1.165) is 12.1 Å². The number of amides is 2. The topological polar surface area (TPSA) is 78.4 Å². The fraction of sp³-hybridized carbons (Fsp3) is 0.333. The molecule has 0 saturated heterocycles. The van der Waals surface area contributed by atoms with Gasteiger partial charge in [-0.15, -0.1) is 0 Å². The Kier molecular flexibility index (Phi) is 5.37. The highest BCUT2D eigenvalue weighted by Crippen LogP contribution is 2.08. The van der Waals surface area contributed by atoms with Gasteiger partial charge < -0.3 is 15.7 Å². The number of aliphatic hydroxyl groups is 1. The van der Waals surface area contributed by atoms with E-state index in [1.165, 1.54) is 6.92 Å². The largest absolute Gasteiger partial charge is 0.392 e. The Hall–Kier alpha value is -2.02. The molecular weight excluding hydrogens is 258 g/mol. The first-order valence-corrected chi connectivity index (χ1v) is 5.58. The molecule has 3 N–H and O–H groups in total. The van der Waals surface area contributed by atoms with Crippen LogP contribution in [0.5, 0.6) is 0 Å². The van der Waals surface area contributed by atoms with E-state index in [2.05, 4.69) is 10.6 Å². The van der Waals surface area contributed by atoms with Crippen molar-refractivity contribution in [3.05, 3.63) is 35.4 Å². The zero-order chi connectivity index (χ0) is 14.4. The van der Waals surface area contributed by atoms with Crippen LogP contribution in [-0.2, 0) is 4.79 Å². The summed E-state index contributed by atoms with van der Waals surface area (Å²) in [6.07, 6.45) is -0.700. The van der Waals surface area contributed by atoms with Gasteiger partial charge in [0, 0.05) is 12.6 Å². The molecule has 0 aliphatic heterocycles. The summed E-state index contributed by atoms with van der Waals surface area (Å²) in [6.45, 7) is 1.19. The van der Waals surface area contributed by atoms with Gasteiger partial charge in [-0.2, -0.15) is 0 Å². The van der Waals surface area contributed by atoms with Gasteiger partial charge in [0.05, 0.1) is 18.2 Å². The molecule has 1 unspecified atom stereocenters. The Morgan fingerprint density at radius 2 is 2.00 bits per heavy atom. The van der Waals surface area contributed by atoms with Crippen molar-refractivity contribution in [3.63, 3.8) is 0 Å². The summed E-state index contributed by atoms with van der Waals surface area (Å²) < 4.78 is 25.9. The molecule has 0 bridgehead atoms. The molecule has 1 rings (SSSR count). The Morgan fingerprint density at radius 3 is 2.58 bits per heavy atom. The predicted molar refractivity (Wildman–Crippen MR) is 63.4 cm³/mol. The highest BCUT2D eigenvalue weighted by molar-refractivity contribution is 5.96. The van der Waals surface area contributed by atoms with Crippen molar-refractivity contribution in [1.82, 2.24) is 10.6 Å². The van der Waals surface area contributed by atoms with E-state index in [-0.39, 0.29) is 18.7 Å². The third-order valence-electron chi connectivity index (χ3n) is 2.18. The van der Waals surface area contributed by atoms with E-state index in [4.69, 9.17) is 5.11 Å². The van der Waals surface area contributed by atoms with Crippen molar-refractivity contribution in [2.24, 2.45) is 0 Å². The average molecular weight is 272 g/mol. The first-order chi connectivity index (χ1) is 8.90. The number of halogens is 2. The molecular formula is C12H14F2N2O3. The minimum Gasteiger partial charge on any atom is -0.392 e. The van der Waals surface area contributed by atoms with Crippen LogP contribution in [0.1, 0.15) is 17.3 Å². The maximum absolute atomic E-state index is 13.2. The van der Waals surface area contributed by atoms with Crippen LogP contribution in [0.3, 0.4) is 0 Å². The second-order valence-electron chi connectivity index (χ2n) is 3.96. The highest BCUT2D eigenvalue weighted by atomic mass is 19.1. The fourth-order valence-corrected chi connectivity index (χ4v) is 1.25. The zero-order valence-electron chi connectivity index (χ0n) is 10.2. The molecule has 7 heteroatoms. The van der Waals surface area contributed by atoms with Crippen LogP contribution in [0.25, 0.3) is 0 Å². The molecule has 1 aromatic carbocycles. The predicted octanol–water partition coefficient (Wildman–Crippen LogP) is 0.192. The number of carbonyl (C=O) groups excluding carboxylic acids is 2. The van der Waals surface area contributed by atoms with Crippen LogP contribution < -0.4 is 10.6 Å². The zero-order valence-corrected chi connectivity index (χ0v) is 10.2. The lowest BCUT2D eigenvalue weighted by molar-refractivity contribution is -0.120. The van der Waals surface area contributed by atoms with Gasteiger partial charge >= 0.3 is 0 Å². The second-order valence-corrected chi connectivity index (χ2v) is 3.96. The van der Waals surface area contributed by atoms with E-state index >= 15 is 0 Å². The van der Waals surface area contributed by atoms with Crippen LogP contribution in [-0.4, -0.2) is 36.1 Å². The summed E-state index contributed by atoms with van der Waals surface area (Å²) in [5.41, 5.74) is -0.343. The summed E-state index contributed by atoms with van der Waals surface area (Å²) in [7, 11) is 0. The highest BCUT2D eigenvalue weighted by Gasteiger charge is 2.13. The molecule has 1 aromatic rings. The molecule has 5 nitrogen and oxygen atoms in total. The minimum absolute atomic E-state index is 0.0552. The van der Waals surface area contributed by atoms with Gasteiger partial charge in [-0.3, -0.25) is 9.59 Å². The van der Waals surface area contributed by atoms with Crippen molar-refractivity contribution in [1.29, 1.82) is 0 Å². The Labute approximate surface area is 108 Å². The third kappa shape index (κ3) is 5.01. The van der Waals surface area contributed by atoms with Gasteiger partial charge in [0.25, 0.3) is 5.91 Å². The fourth-order valence-electron chi connectivity index (χ4n) is 1.25. The molecule has 0 aromatic heterocycles. The van der Waals surface area contributed by atoms with Crippen LogP contribution in [0, 0.1) is 11.6 Å². The summed E-state index contributed by atoms with van der Waals surface area (Å²) in [5, 5.41) is 13.5. The van der Waals surface area contributed by atoms with E-state index in [1.54, 1.807) is 0 Å². The molecule has 0 radical (unpaired) electrons. The lowest BCUT2D eigenvalue weighted by Gasteiger charge is -2.08. The molecule has 0 saturated carbocycles. The van der Waals surface area contributed by atoms with Crippen molar-refractivity contribution >= 4 is 11.8 Å². The lowest BCUT2D eigenvalue weighted by atomic mass is 10.2. The first kappa shape index (κ1) is 15.0. The molecule has 2 amide bonds. The van der Waals surface area contributed by atoms with Crippen LogP contribution >= 0.6 is 0 Å². The monoisotopic (exact) mass is 272 g/mol. The molecule has 0 aliphatic rings. The lowest BCUT2D eigenvalue weighted by Crippen LogP contribution is -2.39. The van der Waals surface area contributed by atoms with Crippen molar-refractivity contribution in [3.8, 4) is 0 Å². The van der Waals surface area contributed by atoms with Gasteiger partial charge in [-0.25, -0.2) is 8.78 Å². The van der Waals surface area contributed by atoms with Crippen molar-refractivity contribution in [2.75, 3.05) is 13.1 Å². The molecule has 0 spiro atoms. The molecule has 0 heterocycles. The number of aliphatic hydroxyl groups excluding tert-OH is 1. The van der Waals surface area contributed by atoms with Crippen LogP contribution in [0.15, 0.2) is 18.2 Å². The van der Waals surface area contributed by atoms with E-state index in [1.807, 2.05) is 0 Å². The number of nitrogens with one attached hydrogen (secondary N) is 2. The molecule has 1 atom stereocenters. The maximum Gasteiger partial charge on any atom is 0.254 e. The molecule has 0 aliphatic carbocycles. The third-order valence-corrected chi connectivity index (χ3v) is 2.18. The first-order valence-electron chi connectivity index (χ1n) is 5.58. The van der Waals surface area contributed by atoms with Gasteiger partial charge in [-0.05, 0) is 19.1 Å². The van der Waals surface area contributed by atoms with Gasteiger partial charge in [0.2, 0.25) is 5.91 Å².